The fourth-order valence-corrected chi connectivity index (χ4v) is 5.71. The molecule has 2 fully saturated rings. The van der Waals surface area contributed by atoms with Crippen LogP contribution >= 0.6 is 0 Å². The Bertz CT molecular complexity index is 1100. The molecule has 2 saturated heterocycles. The van der Waals surface area contributed by atoms with E-state index in [2.05, 4.69) is 56.8 Å². The molecule has 0 saturated carbocycles. The van der Waals surface area contributed by atoms with E-state index in [9.17, 15) is 18.0 Å². The maximum Gasteiger partial charge on any atom is 0.416 e. The molecule has 2 aliphatic heterocycles. The second-order valence-electron chi connectivity index (χ2n) is 10.7. The Labute approximate surface area is 218 Å². The lowest BCUT2D eigenvalue weighted by Crippen LogP contribution is -2.49. The number of ether oxygens (including phenoxy) is 1. The average molecular weight is 518 g/mol. The number of carbonyl (C=O) groups is 1. The molecule has 0 aliphatic carbocycles. The maximum absolute atomic E-state index is 13.1. The maximum atomic E-state index is 13.1. The highest BCUT2D eigenvalue weighted by molar-refractivity contribution is 5.94. The van der Waals surface area contributed by atoms with Crippen LogP contribution in [0.3, 0.4) is 0 Å². The SMILES string of the molecule is Cc1c(OCCCCN(C)C)ccc(C(C)N2C[C@@H]3C[C@H]2CN3C(=O)c2ccc(C(F)(F)F)cc2)c1C. The number of piperazine rings is 1. The minimum Gasteiger partial charge on any atom is -0.493 e. The van der Waals surface area contributed by atoms with Crippen molar-refractivity contribution in [1.29, 1.82) is 0 Å². The lowest BCUT2D eigenvalue weighted by molar-refractivity contribution is -0.137. The molecular weight excluding hydrogens is 479 g/mol. The zero-order chi connectivity index (χ0) is 26.9. The van der Waals surface area contributed by atoms with Crippen molar-refractivity contribution in [3.8, 4) is 5.75 Å². The van der Waals surface area contributed by atoms with Gasteiger partial charge >= 0.3 is 6.18 Å². The van der Waals surface area contributed by atoms with Crippen molar-refractivity contribution in [1.82, 2.24) is 14.7 Å². The van der Waals surface area contributed by atoms with Gasteiger partial charge in [-0.1, -0.05) is 6.07 Å². The molecule has 0 N–H and O–H groups in total. The Kier molecular flexibility index (Phi) is 8.19. The third kappa shape index (κ3) is 5.96. The van der Waals surface area contributed by atoms with Gasteiger partial charge in [0.05, 0.1) is 12.2 Å². The van der Waals surface area contributed by atoms with E-state index in [1.807, 2.05) is 4.90 Å². The second-order valence-corrected chi connectivity index (χ2v) is 10.7. The predicted octanol–water partition coefficient (Wildman–Crippen LogP) is 5.70. The lowest BCUT2D eigenvalue weighted by atomic mass is 9.96. The molecule has 2 bridgehead atoms. The molecular formula is C29H38F3N3O2. The van der Waals surface area contributed by atoms with Crippen LogP contribution in [0.5, 0.6) is 5.75 Å². The van der Waals surface area contributed by atoms with Gasteiger partial charge in [-0.05, 0) is 108 Å². The van der Waals surface area contributed by atoms with Crippen LogP contribution in [-0.4, -0.2) is 73.0 Å². The Hall–Kier alpha value is -2.58. The summed E-state index contributed by atoms with van der Waals surface area (Å²) in [7, 11) is 4.16. The van der Waals surface area contributed by atoms with Crippen molar-refractivity contribution in [3.63, 3.8) is 0 Å². The van der Waals surface area contributed by atoms with E-state index in [1.54, 1.807) is 0 Å². The van der Waals surface area contributed by atoms with Gasteiger partial charge in [0.1, 0.15) is 5.75 Å². The average Bonchev–Trinajstić information content (AvgIpc) is 3.46. The Morgan fingerprint density at radius 2 is 1.73 bits per heavy atom. The number of halogens is 3. The lowest BCUT2D eigenvalue weighted by Gasteiger charge is -2.38. The van der Waals surface area contributed by atoms with E-state index >= 15 is 0 Å². The van der Waals surface area contributed by atoms with Gasteiger partial charge in [-0.2, -0.15) is 13.2 Å². The third-order valence-electron chi connectivity index (χ3n) is 7.99. The first kappa shape index (κ1) is 27.5. The Morgan fingerprint density at radius 3 is 2.32 bits per heavy atom. The molecule has 8 heteroatoms. The fraction of sp³-hybridized carbons (Fsp3) is 0.552. The summed E-state index contributed by atoms with van der Waals surface area (Å²) in [6, 6.07) is 9.31. The van der Waals surface area contributed by atoms with E-state index in [1.165, 1.54) is 28.8 Å². The van der Waals surface area contributed by atoms with Crippen molar-refractivity contribution >= 4 is 5.91 Å². The monoisotopic (exact) mass is 517 g/mol. The summed E-state index contributed by atoms with van der Waals surface area (Å²) in [5.74, 6) is 0.752. The molecule has 4 rings (SSSR count). The number of likely N-dealkylation sites (tertiary alicyclic amines) is 2. The topological polar surface area (TPSA) is 36.0 Å². The molecule has 202 valence electrons. The van der Waals surface area contributed by atoms with Gasteiger partial charge in [-0.25, -0.2) is 0 Å². The summed E-state index contributed by atoms with van der Waals surface area (Å²) in [6.07, 6.45) is -1.38. The van der Waals surface area contributed by atoms with Crippen LogP contribution in [0.25, 0.3) is 0 Å². The molecule has 3 atom stereocenters. The molecule has 2 aromatic rings. The number of fused-ring (bicyclic) bond motifs is 2. The van der Waals surface area contributed by atoms with E-state index in [0.29, 0.717) is 18.7 Å². The first-order valence-electron chi connectivity index (χ1n) is 13.1. The minimum atomic E-state index is -4.41. The van der Waals surface area contributed by atoms with Crippen LogP contribution < -0.4 is 4.74 Å². The second kappa shape index (κ2) is 11.0. The first-order chi connectivity index (χ1) is 17.5. The largest absolute Gasteiger partial charge is 0.493 e. The van der Waals surface area contributed by atoms with E-state index in [4.69, 9.17) is 4.74 Å². The summed E-state index contributed by atoms with van der Waals surface area (Å²) < 4.78 is 44.7. The molecule has 0 spiro atoms. The molecule has 37 heavy (non-hydrogen) atoms. The van der Waals surface area contributed by atoms with Gasteiger partial charge in [0.15, 0.2) is 0 Å². The standard InChI is InChI=1S/C29H38F3N3O2/c1-19-20(2)27(37-15-7-6-14-33(4)5)13-12-26(19)21(3)34-17-25-16-24(34)18-35(25)28(36)22-8-10-23(11-9-22)29(30,31)32/h8-13,21,24-25H,6-7,14-18H2,1-5H3/t21?,24-,25-/m0/s1. The minimum absolute atomic E-state index is 0.0772. The smallest absolute Gasteiger partial charge is 0.416 e. The highest BCUT2D eigenvalue weighted by atomic mass is 19.4. The normalized spacial score (nSPS) is 20.6. The summed E-state index contributed by atoms with van der Waals surface area (Å²) in [5.41, 5.74) is 3.24. The number of amides is 1. The molecule has 2 aromatic carbocycles. The van der Waals surface area contributed by atoms with Gasteiger partial charge in [0, 0.05) is 36.8 Å². The van der Waals surface area contributed by atoms with E-state index in [0.717, 1.165) is 50.2 Å². The van der Waals surface area contributed by atoms with Crippen molar-refractivity contribution in [2.75, 3.05) is 40.3 Å². The molecule has 0 radical (unpaired) electrons. The molecule has 0 aromatic heterocycles. The van der Waals surface area contributed by atoms with Crippen LogP contribution in [-0.2, 0) is 6.18 Å². The zero-order valence-corrected chi connectivity index (χ0v) is 22.4. The highest BCUT2D eigenvalue weighted by Crippen LogP contribution is 2.40. The van der Waals surface area contributed by atoms with Crippen molar-refractivity contribution in [2.24, 2.45) is 0 Å². The predicted molar refractivity (Wildman–Crippen MR) is 139 cm³/mol. The molecule has 1 unspecified atom stereocenters. The van der Waals surface area contributed by atoms with Crippen molar-refractivity contribution in [3.05, 3.63) is 64.2 Å². The van der Waals surface area contributed by atoms with E-state index in [-0.39, 0.29) is 24.0 Å². The first-order valence-corrected chi connectivity index (χ1v) is 13.1. The van der Waals surface area contributed by atoms with Gasteiger partial charge in [-0.3, -0.25) is 9.69 Å². The van der Waals surface area contributed by atoms with E-state index < -0.39 is 11.7 Å². The molecule has 2 heterocycles. The van der Waals surface area contributed by atoms with Crippen LogP contribution in [0.15, 0.2) is 36.4 Å². The highest BCUT2D eigenvalue weighted by Gasteiger charge is 2.47. The van der Waals surface area contributed by atoms with Gasteiger partial charge in [0.25, 0.3) is 5.91 Å². The van der Waals surface area contributed by atoms with Gasteiger partial charge < -0.3 is 14.5 Å². The van der Waals surface area contributed by atoms with Crippen LogP contribution in [0, 0.1) is 13.8 Å². The van der Waals surface area contributed by atoms with Crippen molar-refractivity contribution < 1.29 is 22.7 Å². The molecule has 5 nitrogen and oxygen atoms in total. The summed E-state index contributed by atoms with van der Waals surface area (Å²) in [6.45, 7) is 9.61. The van der Waals surface area contributed by atoms with Crippen LogP contribution in [0.4, 0.5) is 13.2 Å². The zero-order valence-electron chi connectivity index (χ0n) is 22.4. The number of carbonyl (C=O) groups excluding carboxylic acids is 1. The summed E-state index contributed by atoms with van der Waals surface area (Å²) >= 11 is 0. The molecule has 1 amide bonds. The van der Waals surface area contributed by atoms with Gasteiger partial charge in [0.2, 0.25) is 0 Å². The van der Waals surface area contributed by atoms with Crippen molar-refractivity contribution in [2.45, 2.75) is 64.3 Å². The number of rotatable bonds is 9. The quantitative estimate of drug-likeness (QED) is 0.400. The molecule has 2 aliphatic rings. The number of nitrogens with zero attached hydrogens (tertiary/aromatic N) is 3. The van der Waals surface area contributed by atoms with Crippen LogP contribution in [0.1, 0.15) is 64.8 Å². The number of unbranched alkanes of at least 4 members (excludes halogenated alkanes) is 1. The number of hydrogen-bond donors (Lipinski definition) is 0. The summed E-state index contributed by atoms with van der Waals surface area (Å²) in [4.78, 5) is 19.5. The van der Waals surface area contributed by atoms with Gasteiger partial charge in [-0.15, -0.1) is 0 Å². The number of alkyl halides is 3. The third-order valence-corrected chi connectivity index (χ3v) is 7.99. The summed E-state index contributed by atoms with van der Waals surface area (Å²) in [5, 5.41) is 0. The van der Waals surface area contributed by atoms with Crippen LogP contribution in [0.2, 0.25) is 0 Å². The fourth-order valence-electron chi connectivity index (χ4n) is 5.71. The Morgan fingerprint density at radius 1 is 1.03 bits per heavy atom. The number of benzene rings is 2. The Balaban J connectivity index is 1.36. The number of hydrogen-bond acceptors (Lipinski definition) is 4.